The van der Waals surface area contributed by atoms with Gasteiger partial charge in [-0.2, -0.15) is 0 Å². The van der Waals surface area contributed by atoms with Gasteiger partial charge >= 0.3 is 5.97 Å². The van der Waals surface area contributed by atoms with Gasteiger partial charge in [0.05, 0.1) is 12.0 Å². The Morgan fingerprint density at radius 2 is 2.29 bits per heavy atom. The van der Waals surface area contributed by atoms with Crippen LogP contribution >= 0.6 is 0 Å². The summed E-state index contributed by atoms with van der Waals surface area (Å²) in [4.78, 5) is 11.5. The Morgan fingerprint density at radius 3 is 2.64 bits per heavy atom. The van der Waals surface area contributed by atoms with Gasteiger partial charge in [-0.1, -0.05) is 0 Å². The van der Waals surface area contributed by atoms with Gasteiger partial charge in [0.25, 0.3) is 0 Å². The molecule has 1 saturated heterocycles. The van der Waals surface area contributed by atoms with Gasteiger partial charge in [-0.15, -0.1) is 12.3 Å². The first kappa shape index (κ1) is 11.1. The van der Waals surface area contributed by atoms with Gasteiger partial charge in [0.1, 0.15) is 12.2 Å². The van der Waals surface area contributed by atoms with E-state index in [0.717, 1.165) is 0 Å². The van der Waals surface area contributed by atoms with Gasteiger partial charge in [-0.3, -0.25) is 4.79 Å². The zero-order valence-electron chi connectivity index (χ0n) is 8.87. The number of hydrogen-bond donors (Lipinski definition) is 0. The van der Waals surface area contributed by atoms with Crippen LogP contribution in [-0.2, 0) is 14.3 Å². The van der Waals surface area contributed by atoms with Gasteiger partial charge < -0.3 is 9.47 Å². The highest BCUT2D eigenvalue weighted by molar-refractivity contribution is 5.75. The third kappa shape index (κ3) is 3.04. The summed E-state index contributed by atoms with van der Waals surface area (Å²) in [5.74, 6) is 2.26. The molecule has 78 valence electrons. The summed E-state index contributed by atoms with van der Waals surface area (Å²) >= 11 is 0. The number of rotatable bonds is 3. The number of terminal acetylenes is 1. The van der Waals surface area contributed by atoms with Crippen LogP contribution in [0, 0.1) is 17.8 Å². The van der Waals surface area contributed by atoms with Gasteiger partial charge in [-0.25, -0.2) is 0 Å². The van der Waals surface area contributed by atoms with Crippen molar-refractivity contribution in [3.8, 4) is 12.3 Å². The molecule has 0 amide bonds. The number of epoxide rings is 1. The van der Waals surface area contributed by atoms with Crippen LogP contribution in [-0.4, -0.2) is 24.8 Å². The van der Waals surface area contributed by atoms with Gasteiger partial charge in [-0.05, 0) is 20.8 Å². The van der Waals surface area contributed by atoms with Crippen LogP contribution < -0.4 is 0 Å². The Labute approximate surface area is 84.8 Å². The molecule has 2 atom stereocenters. The number of hydrogen-bond acceptors (Lipinski definition) is 3. The molecule has 0 unspecified atom stereocenters. The zero-order chi connectivity index (χ0) is 10.8. The highest BCUT2D eigenvalue weighted by Gasteiger charge is 2.37. The molecule has 14 heavy (non-hydrogen) atoms. The molecule has 1 rings (SSSR count). The summed E-state index contributed by atoms with van der Waals surface area (Å²) in [6.07, 6.45) is 5.35. The van der Waals surface area contributed by atoms with E-state index in [1.54, 1.807) is 0 Å². The third-order valence-electron chi connectivity index (χ3n) is 1.96. The van der Waals surface area contributed by atoms with Gasteiger partial charge in [0, 0.05) is 6.42 Å². The molecule has 3 heteroatoms. The van der Waals surface area contributed by atoms with Crippen LogP contribution in [0.4, 0.5) is 0 Å². The van der Waals surface area contributed by atoms with Crippen LogP contribution in [0.3, 0.4) is 0 Å². The Morgan fingerprint density at radius 1 is 1.71 bits per heavy atom. The standard InChI is InChI=1S/C11H16O3/c1-5-6-8(9-7-13-9)14-10(12)11(2,3)4/h1,8-9H,6-7H2,2-4H3/t8-,9-/m1/s1. The quantitative estimate of drug-likeness (QED) is 0.389. The summed E-state index contributed by atoms with van der Waals surface area (Å²) in [6, 6.07) is 0. The van der Waals surface area contributed by atoms with Crippen molar-refractivity contribution in [2.75, 3.05) is 6.61 Å². The monoisotopic (exact) mass is 196 g/mol. The van der Waals surface area contributed by atoms with Crippen molar-refractivity contribution >= 4 is 5.97 Å². The lowest BCUT2D eigenvalue weighted by molar-refractivity contribution is -0.159. The van der Waals surface area contributed by atoms with Crippen molar-refractivity contribution in [3.63, 3.8) is 0 Å². The molecule has 1 aliphatic heterocycles. The Bertz CT molecular complexity index is 253. The Balaban J connectivity index is 2.47. The smallest absolute Gasteiger partial charge is 0.311 e. The molecule has 0 bridgehead atoms. The van der Waals surface area contributed by atoms with Crippen molar-refractivity contribution < 1.29 is 14.3 Å². The molecule has 0 saturated carbocycles. The molecule has 1 heterocycles. The number of ether oxygens (including phenoxy) is 2. The first-order valence-electron chi connectivity index (χ1n) is 4.71. The summed E-state index contributed by atoms with van der Waals surface area (Å²) in [7, 11) is 0. The fraction of sp³-hybridized carbons (Fsp3) is 0.727. The topological polar surface area (TPSA) is 38.8 Å². The number of carbonyl (C=O) groups is 1. The molecule has 0 N–H and O–H groups in total. The SMILES string of the molecule is C#CC[C@@H](OC(=O)C(C)(C)C)[C@H]1CO1. The molecule has 0 radical (unpaired) electrons. The van der Waals surface area contributed by atoms with E-state index in [9.17, 15) is 4.79 Å². The average Bonchev–Trinajstić information content (AvgIpc) is 2.83. The second kappa shape index (κ2) is 4.02. The summed E-state index contributed by atoms with van der Waals surface area (Å²) in [5.41, 5.74) is -0.484. The lowest BCUT2D eigenvalue weighted by Crippen LogP contribution is -2.30. The predicted octanol–water partition coefficient (Wildman–Crippen LogP) is 1.37. The van der Waals surface area contributed by atoms with Crippen LogP contribution in [0.5, 0.6) is 0 Å². The van der Waals surface area contributed by atoms with E-state index in [4.69, 9.17) is 15.9 Å². The molecule has 3 nitrogen and oxygen atoms in total. The third-order valence-corrected chi connectivity index (χ3v) is 1.96. The molecule has 0 aromatic carbocycles. The Hall–Kier alpha value is -1.01. The molecule has 0 aromatic rings. The zero-order valence-corrected chi connectivity index (χ0v) is 8.87. The van der Waals surface area contributed by atoms with Crippen LogP contribution in [0.1, 0.15) is 27.2 Å². The maximum absolute atomic E-state index is 11.5. The minimum absolute atomic E-state index is 0.0114. The van der Waals surface area contributed by atoms with E-state index < -0.39 is 5.41 Å². The molecule has 0 aliphatic carbocycles. The lowest BCUT2D eigenvalue weighted by atomic mass is 9.97. The summed E-state index contributed by atoms with van der Waals surface area (Å²) < 4.78 is 10.3. The van der Waals surface area contributed by atoms with Crippen LogP contribution in [0.15, 0.2) is 0 Å². The van der Waals surface area contributed by atoms with Crippen molar-refractivity contribution in [1.29, 1.82) is 0 Å². The largest absolute Gasteiger partial charge is 0.458 e. The average molecular weight is 196 g/mol. The maximum atomic E-state index is 11.5. The van der Waals surface area contributed by atoms with Crippen LogP contribution in [0.2, 0.25) is 0 Å². The Kier molecular flexibility index (Phi) is 3.17. The minimum atomic E-state index is -0.484. The van der Waals surface area contributed by atoms with Crippen molar-refractivity contribution in [2.24, 2.45) is 5.41 Å². The fourth-order valence-electron chi connectivity index (χ4n) is 0.950. The van der Waals surface area contributed by atoms with Crippen molar-refractivity contribution in [1.82, 2.24) is 0 Å². The van der Waals surface area contributed by atoms with Crippen molar-refractivity contribution in [2.45, 2.75) is 39.4 Å². The first-order valence-corrected chi connectivity index (χ1v) is 4.71. The van der Waals surface area contributed by atoms with Gasteiger partial charge in [0.15, 0.2) is 0 Å². The second-order valence-electron chi connectivity index (χ2n) is 4.47. The number of carbonyl (C=O) groups excluding carboxylic acids is 1. The molecular weight excluding hydrogens is 180 g/mol. The molecule has 1 aliphatic rings. The number of esters is 1. The first-order chi connectivity index (χ1) is 6.45. The fourth-order valence-corrected chi connectivity index (χ4v) is 0.950. The summed E-state index contributed by atoms with van der Waals surface area (Å²) in [5, 5.41) is 0. The van der Waals surface area contributed by atoms with E-state index in [2.05, 4.69) is 5.92 Å². The van der Waals surface area contributed by atoms with Crippen LogP contribution in [0.25, 0.3) is 0 Å². The van der Waals surface area contributed by atoms with E-state index in [1.165, 1.54) is 0 Å². The second-order valence-corrected chi connectivity index (χ2v) is 4.47. The molecule has 0 spiro atoms. The van der Waals surface area contributed by atoms with Gasteiger partial charge in [0.2, 0.25) is 0 Å². The minimum Gasteiger partial charge on any atom is -0.458 e. The molecular formula is C11H16O3. The van der Waals surface area contributed by atoms with E-state index >= 15 is 0 Å². The van der Waals surface area contributed by atoms with Crippen molar-refractivity contribution in [3.05, 3.63) is 0 Å². The van der Waals surface area contributed by atoms with E-state index in [1.807, 2.05) is 20.8 Å². The van der Waals surface area contributed by atoms with E-state index in [0.29, 0.717) is 13.0 Å². The lowest BCUT2D eigenvalue weighted by Gasteiger charge is -2.21. The molecule has 0 aromatic heterocycles. The predicted molar refractivity (Wildman–Crippen MR) is 52.5 cm³/mol. The highest BCUT2D eigenvalue weighted by atomic mass is 16.6. The summed E-state index contributed by atoms with van der Waals surface area (Å²) in [6.45, 7) is 6.09. The normalized spacial score (nSPS) is 22.3. The maximum Gasteiger partial charge on any atom is 0.311 e. The van der Waals surface area contributed by atoms with E-state index in [-0.39, 0.29) is 18.2 Å². The highest BCUT2D eigenvalue weighted by Crippen LogP contribution is 2.23. The molecule has 1 fully saturated rings.